The molecule has 4 aliphatic heterocycles. The highest BCUT2D eigenvalue weighted by molar-refractivity contribution is 6.00. The Balaban J connectivity index is 1.76. The molecule has 4 rings (SSSR count). The molecule has 82 heavy (non-hydrogen) atoms. The number of nitrogens with zero attached hydrogens (tertiary/aromatic N) is 4. The third-order valence-electron chi connectivity index (χ3n) is 15.0. The van der Waals surface area contributed by atoms with Crippen LogP contribution in [0.1, 0.15) is 136 Å². The summed E-state index contributed by atoms with van der Waals surface area (Å²) in [4.78, 5) is 159. The van der Waals surface area contributed by atoms with Crippen molar-refractivity contribution in [1.29, 1.82) is 0 Å². The molecule has 0 aliphatic carbocycles. The molecule has 0 bridgehead atoms. The summed E-state index contributed by atoms with van der Waals surface area (Å²) in [7, 11) is 0. The van der Waals surface area contributed by atoms with Crippen LogP contribution in [-0.2, 0) is 57.5 Å². The third-order valence-corrected chi connectivity index (χ3v) is 15.0. The Hall–Kier alpha value is -6.76. The highest BCUT2D eigenvalue weighted by Crippen LogP contribution is 2.27. The summed E-state index contributed by atoms with van der Waals surface area (Å²) < 4.78 is 5.67. The minimum absolute atomic E-state index is 0.00881. The molecule has 4 heterocycles. The molecule has 0 aromatic heterocycles. The zero-order chi connectivity index (χ0) is 61.0. The number of nitrogens with one attached hydrogen (secondary N) is 5. The van der Waals surface area contributed by atoms with Crippen molar-refractivity contribution in [3.8, 4) is 0 Å². The smallest absolute Gasteiger partial charge is 0.335 e. The van der Waals surface area contributed by atoms with Crippen molar-refractivity contribution < 1.29 is 93.2 Å². The minimum Gasteiger partial charge on any atom is -0.479 e. The monoisotopic (exact) mass is 1170 g/mol. The van der Waals surface area contributed by atoms with Gasteiger partial charge >= 0.3 is 17.9 Å². The Morgan fingerprint density at radius 2 is 1.17 bits per heavy atom. The summed E-state index contributed by atoms with van der Waals surface area (Å²) in [5.41, 5.74) is 10.9. The molecular formula is C52H85N11O19. The molecule has 462 valence electrons. The van der Waals surface area contributed by atoms with Gasteiger partial charge in [0, 0.05) is 26.2 Å². The van der Waals surface area contributed by atoms with E-state index in [1.54, 1.807) is 0 Å². The summed E-state index contributed by atoms with van der Waals surface area (Å²) in [5.74, 6) is -14.5. The van der Waals surface area contributed by atoms with E-state index in [1.165, 1.54) is 11.8 Å². The second-order valence-corrected chi connectivity index (χ2v) is 21.9. The number of carboxylic acids is 2. The first-order valence-electron chi connectivity index (χ1n) is 28.3. The van der Waals surface area contributed by atoms with Gasteiger partial charge in [-0.2, -0.15) is 0 Å². The minimum atomic E-state index is -2.76. The Kier molecular flexibility index (Phi) is 27.1. The lowest BCUT2D eigenvalue weighted by atomic mass is 10.0. The Morgan fingerprint density at radius 1 is 0.610 bits per heavy atom. The molecular weight excluding hydrogens is 1080 g/mol. The van der Waals surface area contributed by atoms with Crippen molar-refractivity contribution in [1.82, 2.24) is 41.3 Å². The van der Waals surface area contributed by atoms with E-state index in [2.05, 4.69) is 34.8 Å². The molecule has 0 aromatic carbocycles. The number of aliphatic imine (C=N–C) groups is 1. The maximum Gasteiger partial charge on any atom is 0.335 e. The summed E-state index contributed by atoms with van der Waals surface area (Å²) in [6.45, 7) is 3.64. The van der Waals surface area contributed by atoms with Crippen molar-refractivity contribution in [2.24, 2.45) is 22.4 Å². The number of nitrogens with two attached hydrogens (primary N) is 2. The molecule has 13 atom stereocenters. The van der Waals surface area contributed by atoms with Crippen molar-refractivity contribution in [3.63, 3.8) is 0 Å². The average Bonchev–Trinajstić information content (AvgIpc) is 4.40. The molecule has 4 aliphatic rings. The third kappa shape index (κ3) is 19.4. The number of hydrogen-bond donors (Lipinski definition) is 14. The van der Waals surface area contributed by atoms with E-state index in [1.807, 2.05) is 10.6 Å². The number of hydrogen-bond acceptors (Lipinski definition) is 18. The highest BCUT2D eigenvalue weighted by Gasteiger charge is 2.48. The van der Waals surface area contributed by atoms with Gasteiger partial charge in [-0.25, -0.2) is 14.4 Å². The number of fused-ring (bicyclic) bond motifs is 3. The maximum atomic E-state index is 14.5. The van der Waals surface area contributed by atoms with Gasteiger partial charge in [0.25, 0.3) is 0 Å². The summed E-state index contributed by atoms with van der Waals surface area (Å²) in [6, 6.07) is -14.9. The molecule has 30 nitrogen and oxygen atoms in total. The van der Waals surface area contributed by atoms with Gasteiger partial charge in [-0.05, 0) is 70.6 Å². The van der Waals surface area contributed by atoms with E-state index >= 15 is 0 Å². The fraction of sp³-hybridized carbons (Fsp3) is 0.769. The zero-order valence-electron chi connectivity index (χ0n) is 46.8. The van der Waals surface area contributed by atoms with Gasteiger partial charge in [0.2, 0.25) is 47.3 Å². The molecule has 30 heteroatoms. The molecule has 0 spiro atoms. The fourth-order valence-corrected chi connectivity index (χ4v) is 10.6. The first-order chi connectivity index (χ1) is 38.8. The number of carbonyl (C=O) groups is 11. The predicted molar refractivity (Wildman–Crippen MR) is 287 cm³/mol. The summed E-state index contributed by atoms with van der Waals surface area (Å²) >= 11 is 0. The topological polar surface area (TPSA) is 473 Å². The van der Waals surface area contributed by atoms with Crippen LogP contribution >= 0.6 is 0 Å². The standard InChI is InChI=1S/C52H85N11O19/c1-27(2)15-10-8-6-4-5-7-9-11-16-29-25-35(67)58-36(28(3)65)48(76)62-23-14-19-33(62)47(75)61-22-13-18-32(61)43(71)56-30(17-12-21-55-52(53)54)42(70)59-37(40(68)49(77)78)44(72)57-31(26-64)46(74)63-24-20-34(66)39(63)45(73)60-38(51(81)82-29)41(69)50(79)80/h27-34,36-41,64-66,68-69H,4-26H2,1-3H3,(H,56,71)(H,57,72)(H,58,67)(H,59,70)(H,60,73)(H,77,78)(H,79,80)(H4,53,54,55)/t28-,29-,30+,31+,32+,33-,34+,36-,37-,38+,39+,40-,41+/m1/s1. The fourth-order valence-electron chi connectivity index (χ4n) is 10.6. The van der Waals surface area contributed by atoms with Crippen LogP contribution in [0, 0.1) is 5.92 Å². The lowest BCUT2D eigenvalue weighted by Gasteiger charge is -2.34. The first-order valence-corrected chi connectivity index (χ1v) is 28.3. The zero-order valence-corrected chi connectivity index (χ0v) is 46.8. The number of aliphatic hydroxyl groups excluding tert-OH is 5. The van der Waals surface area contributed by atoms with E-state index in [4.69, 9.17) is 16.2 Å². The number of aliphatic hydroxyl groups is 5. The largest absolute Gasteiger partial charge is 0.479 e. The Morgan fingerprint density at radius 3 is 1.76 bits per heavy atom. The van der Waals surface area contributed by atoms with Crippen LogP contribution < -0.4 is 38.1 Å². The lowest BCUT2D eigenvalue weighted by Crippen LogP contribution is -2.64. The maximum absolute atomic E-state index is 14.5. The van der Waals surface area contributed by atoms with E-state index in [9.17, 15) is 88.5 Å². The van der Waals surface area contributed by atoms with Crippen LogP contribution in [-0.4, -0.2) is 233 Å². The predicted octanol–water partition coefficient (Wildman–Crippen LogP) is -4.46. The second-order valence-electron chi connectivity index (χ2n) is 21.9. The van der Waals surface area contributed by atoms with Crippen LogP contribution in [0.25, 0.3) is 0 Å². The number of amides is 8. The van der Waals surface area contributed by atoms with Crippen molar-refractivity contribution in [3.05, 3.63) is 0 Å². The van der Waals surface area contributed by atoms with E-state index in [0.29, 0.717) is 23.7 Å². The number of aliphatic carboxylic acids is 2. The molecule has 4 fully saturated rings. The number of esters is 1. The van der Waals surface area contributed by atoms with Crippen molar-refractivity contribution >= 4 is 71.1 Å². The van der Waals surface area contributed by atoms with Gasteiger partial charge < -0.3 is 93.2 Å². The average molecular weight is 1170 g/mol. The Bertz CT molecular complexity index is 2290. The van der Waals surface area contributed by atoms with Gasteiger partial charge in [-0.1, -0.05) is 65.2 Å². The lowest BCUT2D eigenvalue weighted by molar-refractivity contribution is -0.165. The Labute approximate surface area is 474 Å². The van der Waals surface area contributed by atoms with Crippen LogP contribution in [0.2, 0.25) is 0 Å². The summed E-state index contributed by atoms with van der Waals surface area (Å²) in [5, 5.41) is 84.9. The van der Waals surface area contributed by atoms with Crippen LogP contribution in [0.3, 0.4) is 0 Å². The van der Waals surface area contributed by atoms with E-state index < -0.39 is 164 Å². The molecule has 0 unspecified atom stereocenters. The van der Waals surface area contributed by atoms with Crippen LogP contribution in [0.15, 0.2) is 4.99 Å². The van der Waals surface area contributed by atoms with Crippen LogP contribution in [0.4, 0.5) is 0 Å². The van der Waals surface area contributed by atoms with E-state index in [-0.39, 0.29) is 77.0 Å². The number of ether oxygens (including phenoxy) is 1. The van der Waals surface area contributed by atoms with Gasteiger partial charge in [0.05, 0.1) is 25.2 Å². The molecule has 0 saturated carbocycles. The van der Waals surface area contributed by atoms with Gasteiger partial charge in [-0.15, -0.1) is 0 Å². The first kappa shape index (κ1) is 67.7. The number of carboxylic acid groups (broad SMARTS) is 2. The van der Waals surface area contributed by atoms with Gasteiger partial charge in [0.1, 0.15) is 48.4 Å². The second kappa shape index (κ2) is 32.8. The number of unbranched alkanes of at least 4 members (excludes halogenated alkanes) is 7. The molecule has 0 radical (unpaired) electrons. The summed E-state index contributed by atoms with van der Waals surface area (Å²) in [6.07, 6.45) is -3.13. The number of rotatable bonds is 21. The molecule has 16 N–H and O–H groups in total. The van der Waals surface area contributed by atoms with Crippen LogP contribution in [0.5, 0.6) is 0 Å². The molecule has 0 aromatic rings. The van der Waals surface area contributed by atoms with Gasteiger partial charge in [0.15, 0.2) is 24.2 Å². The normalized spacial score (nSPS) is 28.0. The SMILES string of the molecule is CC(C)CCCCCCCCCC[C@@H]1CC(=O)N[C@H]([C@@H](C)O)C(=O)N2CCC[C@@H]2C(=O)N2CCC[C@H]2C(=O)N[C@@H](CCCN=C(N)N)C(=O)N[C@H]([C@@H](O)C(=O)O)C(=O)N[C@@H](CO)C(=O)N2CC[C@H](O)[C@H]2C(=O)N[C@@H]([C@H](O)C(=O)O)C(=O)O1. The van der Waals surface area contributed by atoms with Crippen molar-refractivity contribution in [2.45, 2.75) is 215 Å². The number of cyclic esters (lactones) is 1. The van der Waals surface area contributed by atoms with Gasteiger partial charge in [-0.3, -0.25) is 43.3 Å². The molecule has 4 saturated heterocycles. The molecule has 8 amide bonds. The quantitative estimate of drug-likeness (QED) is 0.0223. The number of guanidine groups is 1. The van der Waals surface area contributed by atoms with E-state index in [0.717, 1.165) is 49.8 Å². The number of carbonyl (C=O) groups excluding carboxylic acids is 9. The highest BCUT2D eigenvalue weighted by atomic mass is 16.5. The van der Waals surface area contributed by atoms with Crippen molar-refractivity contribution in [2.75, 3.05) is 32.8 Å².